The molecule has 3 amide bonds. The van der Waals surface area contributed by atoms with Gasteiger partial charge in [0.05, 0.1) is 54.6 Å². The second-order valence-electron chi connectivity index (χ2n) is 16.8. The lowest BCUT2D eigenvalue weighted by molar-refractivity contribution is 0.0315. The number of amides is 3. The van der Waals surface area contributed by atoms with E-state index in [-0.39, 0.29) is 63.1 Å². The highest BCUT2D eigenvalue weighted by molar-refractivity contribution is 6.62. The van der Waals surface area contributed by atoms with Gasteiger partial charge in [0.1, 0.15) is 0 Å². The van der Waals surface area contributed by atoms with Crippen molar-refractivity contribution in [3.8, 4) is 0 Å². The predicted octanol–water partition coefficient (Wildman–Crippen LogP) is 6.14. The summed E-state index contributed by atoms with van der Waals surface area (Å²) in [6.07, 6.45) is 2.40. The number of H-pyrrole nitrogens is 1. The van der Waals surface area contributed by atoms with Crippen molar-refractivity contribution in [1.29, 1.82) is 0 Å². The van der Waals surface area contributed by atoms with Crippen molar-refractivity contribution in [1.82, 2.24) is 59.5 Å². The maximum absolute atomic E-state index is 14.4. The summed E-state index contributed by atoms with van der Waals surface area (Å²) in [6.45, 7) is 22.1. The molecule has 7 rings (SSSR count). The summed E-state index contributed by atoms with van der Waals surface area (Å²) >= 11 is 5.73. The van der Waals surface area contributed by atoms with Gasteiger partial charge in [-0.2, -0.15) is 19.7 Å². The van der Waals surface area contributed by atoms with Crippen molar-refractivity contribution >= 4 is 72.7 Å². The number of fused-ring (bicyclic) bond motifs is 2. The Bertz CT molecular complexity index is 2370. The number of hydrogen-bond donors (Lipinski definition) is 5. The van der Waals surface area contributed by atoms with E-state index in [4.69, 9.17) is 21.1 Å². The smallest absolute Gasteiger partial charge is 0.435 e. The van der Waals surface area contributed by atoms with Crippen LogP contribution in [0.1, 0.15) is 91.2 Å². The number of carbonyl (C=O) groups is 3. The number of carbonyl (C=O) groups excluding carboxylic acids is 3. The fraction of sp³-hybridized carbons (Fsp3) is 0.585. The lowest BCUT2D eigenvalue weighted by Crippen LogP contribution is -2.61. The number of nitrogens with zero attached hydrogens (tertiary/aromatic N) is 11. The number of nitrogens with one attached hydrogen (secondary N) is 5. The van der Waals surface area contributed by atoms with Gasteiger partial charge < -0.3 is 45.4 Å². The SMILES string of the molecule is CCNc1ncc(F)c(Nc2n[nH]c3c2CN(C(=O)N2C[C@@H](C)N(CCCOC)C[C@@H]2C)C3(C)C)n1.CCNc1ncc(F)c(Nc2nn(C(=O)OCC)c3c2CN(C(=O)Cl)C3(C)C)n1.[B]. The van der Waals surface area contributed by atoms with E-state index in [2.05, 4.69) is 75.2 Å². The summed E-state index contributed by atoms with van der Waals surface area (Å²) in [6, 6.07) is 0.339. The molecule has 0 aliphatic carbocycles. The summed E-state index contributed by atoms with van der Waals surface area (Å²) < 4.78 is 40.0. The highest BCUT2D eigenvalue weighted by atomic mass is 35.5. The molecular formula is C41H59BClF2N16O5. The van der Waals surface area contributed by atoms with Crippen LogP contribution in [0.5, 0.6) is 0 Å². The van der Waals surface area contributed by atoms with Crippen molar-refractivity contribution in [3.05, 3.63) is 46.5 Å². The first-order valence-corrected chi connectivity index (χ1v) is 22.0. The van der Waals surface area contributed by atoms with Crippen molar-refractivity contribution in [2.24, 2.45) is 0 Å². The second kappa shape index (κ2) is 21.2. The fourth-order valence-corrected chi connectivity index (χ4v) is 8.57. The third-order valence-corrected chi connectivity index (χ3v) is 11.9. The van der Waals surface area contributed by atoms with Gasteiger partial charge in [-0.25, -0.2) is 28.3 Å². The number of aromatic amines is 1. The molecule has 25 heteroatoms. The number of halogens is 3. The zero-order chi connectivity index (χ0) is 47.4. The second-order valence-corrected chi connectivity index (χ2v) is 17.1. The van der Waals surface area contributed by atoms with Gasteiger partial charge in [-0.3, -0.25) is 14.8 Å². The van der Waals surface area contributed by atoms with E-state index in [9.17, 15) is 23.2 Å². The number of ether oxygens (including phenoxy) is 2. The van der Waals surface area contributed by atoms with E-state index < -0.39 is 34.2 Å². The molecule has 4 aromatic heterocycles. The van der Waals surface area contributed by atoms with Crippen LogP contribution in [0.4, 0.5) is 58.3 Å². The Labute approximate surface area is 389 Å². The molecule has 357 valence electrons. The van der Waals surface area contributed by atoms with Crippen LogP contribution in [0, 0.1) is 11.6 Å². The molecule has 0 spiro atoms. The van der Waals surface area contributed by atoms with Gasteiger partial charge in [0.15, 0.2) is 34.9 Å². The predicted molar refractivity (Wildman–Crippen MR) is 245 cm³/mol. The van der Waals surface area contributed by atoms with Crippen LogP contribution in [0.2, 0.25) is 0 Å². The molecule has 0 saturated carbocycles. The van der Waals surface area contributed by atoms with Crippen LogP contribution in [0.25, 0.3) is 0 Å². The van der Waals surface area contributed by atoms with E-state index in [1.54, 1.807) is 27.9 Å². The third kappa shape index (κ3) is 10.4. The number of anilines is 6. The van der Waals surface area contributed by atoms with Crippen LogP contribution in [-0.4, -0.2) is 151 Å². The first kappa shape index (κ1) is 51.1. The van der Waals surface area contributed by atoms with Crippen LogP contribution >= 0.6 is 11.6 Å². The Morgan fingerprint density at radius 1 is 0.848 bits per heavy atom. The number of hydrogen-bond acceptors (Lipinski definition) is 16. The highest BCUT2D eigenvalue weighted by Gasteiger charge is 2.48. The molecule has 0 unspecified atom stereocenters. The molecule has 1 fully saturated rings. The van der Waals surface area contributed by atoms with Crippen LogP contribution in [0.3, 0.4) is 0 Å². The zero-order valence-electron chi connectivity index (χ0n) is 39.1. The summed E-state index contributed by atoms with van der Waals surface area (Å²) in [5.74, 6) is -0.186. The first-order valence-electron chi connectivity index (χ1n) is 21.6. The standard InChI is InChI=1S/C24H38FN9O2.C17H21ClFN7O3.B/c1-7-26-22-27-11-18(25)21(29-22)28-20-17-14-34(24(4,5)19(17)30-31-20)23(35)33-13-15(2)32(12-16(33)3)9-8-10-36-6;1-5-20-15-21-7-10(19)13(23-15)22-12-9-8-25(14(18)27)17(3,4)11(9)26(24-12)16(28)29-6-2;/h11,15-16H,7-10,12-14H2,1-6H3,(H3,26,27,28,29,30,31);7H,5-6,8H2,1-4H3,(H2,20,21,22,23,24);/t15-,16+;;/m1../s1. The highest BCUT2D eigenvalue weighted by Crippen LogP contribution is 2.44. The van der Waals surface area contributed by atoms with Gasteiger partial charge in [-0.15, -0.1) is 5.10 Å². The molecule has 0 aromatic carbocycles. The number of rotatable bonds is 13. The molecular weight excluding hydrogens is 881 g/mol. The largest absolute Gasteiger partial charge is 0.448 e. The molecule has 7 heterocycles. The quantitative estimate of drug-likeness (QED) is 0.0439. The van der Waals surface area contributed by atoms with Gasteiger partial charge in [0.2, 0.25) is 11.9 Å². The van der Waals surface area contributed by atoms with Gasteiger partial charge >= 0.3 is 17.5 Å². The Kier molecular flexibility index (Phi) is 16.4. The molecule has 3 aliphatic heterocycles. The Morgan fingerprint density at radius 3 is 2.00 bits per heavy atom. The minimum absolute atomic E-state index is 0. The van der Waals surface area contributed by atoms with Crippen LogP contribution < -0.4 is 21.3 Å². The third-order valence-electron chi connectivity index (χ3n) is 11.7. The normalized spacial score (nSPS) is 18.1. The lowest BCUT2D eigenvalue weighted by atomic mass is 10.0. The van der Waals surface area contributed by atoms with Crippen LogP contribution in [0.15, 0.2) is 12.4 Å². The van der Waals surface area contributed by atoms with Crippen molar-refractivity contribution in [2.75, 3.05) is 74.3 Å². The minimum Gasteiger partial charge on any atom is -0.448 e. The molecule has 4 aromatic rings. The average Bonchev–Trinajstić information content (AvgIpc) is 3.98. The van der Waals surface area contributed by atoms with E-state index in [0.29, 0.717) is 49.2 Å². The van der Waals surface area contributed by atoms with Gasteiger partial charge in [0.25, 0.3) is 0 Å². The molecule has 0 bridgehead atoms. The summed E-state index contributed by atoms with van der Waals surface area (Å²) in [4.78, 5) is 61.9. The summed E-state index contributed by atoms with van der Waals surface area (Å²) in [5, 5.41) is 22.7. The maximum atomic E-state index is 14.4. The topological polar surface area (TPSA) is 229 Å². The molecule has 66 heavy (non-hydrogen) atoms. The molecule has 3 radical (unpaired) electrons. The molecule has 1 saturated heterocycles. The number of urea groups is 1. The Hall–Kier alpha value is -5.88. The molecule has 5 N–H and O–H groups in total. The monoisotopic (exact) mass is 939 g/mol. The Morgan fingerprint density at radius 2 is 1.44 bits per heavy atom. The molecule has 3 aliphatic rings. The van der Waals surface area contributed by atoms with E-state index in [0.717, 1.165) is 54.5 Å². The van der Waals surface area contributed by atoms with Crippen LogP contribution in [-0.2, 0) is 33.6 Å². The summed E-state index contributed by atoms with van der Waals surface area (Å²) in [5.41, 5.74) is 1.06. The number of piperazine rings is 1. The van der Waals surface area contributed by atoms with Gasteiger partial charge in [-0.1, -0.05) is 0 Å². The first-order chi connectivity index (χ1) is 30.9. The number of aromatic nitrogens is 8. The summed E-state index contributed by atoms with van der Waals surface area (Å²) in [7, 11) is 1.72. The minimum atomic E-state index is -0.937. The van der Waals surface area contributed by atoms with E-state index in [1.807, 2.05) is 37.5 Å². The fourth-order valence-electron chi connectivity index (χ4n) is 8.30. The molecule has 2 atom stereocenters. The van der Waals surface area contributed by atoms with Gasteiger partial charge in [-0.05, 0) is 80.3 Å². The van der Waals surface area contributed by atoms with Crippen molar-refractivity contribution < 1.29 is 32.6 Å². The van der Waals surface area contributed by atoms with E-state index >= 15 is 0 Å². The van der Waals surface area contributed by atoms with Crippen molar-refractivity contribution in [3.63, 3.8) is 0 Å². The van der Waals surface area contributed by atoms with Gasteiger partial charge in [0, 0.05) is 78.1 Å². The average molecular weight is 940 g/mol. The Balaban J connectivity index is 0.000000249. The number of methoxy groups -OCH3 is 1. The zero-order valence-corrected chi connectivity index (χ0v) is 39.8. The maximum Gasteiger partial charge on any atom is 0.435 e. The lowest BCUT2D eigenvalue weighted by Gasteiger charge is -2.46. The molecule has 21 nitrogen and oxygen atoms in total. The van der Waals surface area contributed by atoms with E-state index in [1.165, 1.54) is 4.90 Å². The van der Waals surface area contributed by atoms with Crippen molar-refractivity contribution in [2.45, 2.75) is 105 Å².